The highest BCUT2D eigenvalue weighted by atomic mass is 79.9. The van der Waals surface area contributed by atoms with Crippen LogP contribution in [-0.2, 0) is 0 Å². The van der Waals surface area contributed by atoms with E-state index in [2.05, 4.69) is 68.5 Å². The van der Waals surface area contributed by atoms with Gasteiger partial charge in [-0.3, -0.25) is 0 Å². The van der Waals surface area contributed by atoms with Gasteiger partial charge in [0, 0.05) is 23.6 Å². The zero-order valence-electron chi connectivity index (χ0n) is 10.3. The standard InChI is InChI=1S/C13H15Br2NS2/c1-3-5-16-11(12-9(14)4-6-17-12)13-10(15)7-8(2)18-13/h4,6-7,11,16H,3,5H2,1-2H3. The van der Waals surface area contributed by atoms with Crippen molar-refractivity contribution in [3.8, 4) is 0 Å². The van der Waals surface area contributed by atoms with Crippen LogP contribution < -0.4 is 5.32 Å². The fourth-order valence-electron chi connectivity index (χ4n) is 1.80. The van der Waals surface area contributed by atoms with Gasteiger partial charge in [0.25, 0.3) is 0 Å². The topological polar surface area (TPSA) is 12.0 Å². The molecule has 0 saturated carbocycles. The van der Waals surface area contributed by atoms with Crippen molar-refractivity contribution < 1.29 is 0 Å². The van der Waals surface area contributed by atoms with Gasteiger partial charge < -0.3 is 5.32 Å². The predicted octanol–water partition coefficient (Wildman–Crippen LogP) is 5.73. The molecule has 1 N–H and O–H groups in total. The molecule has 0 aliphatic carbocycles. The molecule has 1 nitrogen and oxygen atoms in total. The third-order valence-electron chi connectivity index (χ3n) is 2.60. The van der Waals surface area contributed by atoms with Crippen molar-refractivity contribution in [3.05, 3.63) is 41.1 Å². The molecular formula is C13H15Br2NS2. The quantitative estimate of drug-likeness (QED) is 0.665. The highest BCUT2D eigenvalue weighted by Crippen LogP contribution is 2.40. The van der Waals surface area contributed by atoms with E-state index < -0.39 is 0 Å². The zero-order chi connectivity index (χ0) is 13.1. The molecular weight excluding hydrogens is 394 g/mol. The van der Waals surface area contributed by atoms with Gasteiger partial charge in [-0.2, -0.15) is 0 Å². The summed E-state index contributed by atoms with van der Waals surface area (Å²) < 4.78 is 2.40. The van der Waals surface area contributed by atoms with E-state index in [1.165, 1.54) is 23.6 Å². The molecule has 0 radical (unpaired) electrons. The summed E-state index contributed by atoms with van der Waals surface area (Å²) in [4.78, 5) is 4.06. The molecule has 1 unspecified atom stereocenters. The number of halogens is 2. The second-order valence-corrected chi connectivity index (χ2v) is 8.03. The molecule has 1 atom stereocenters. The lowest BCUT2D eigenvalue weighted by molar-refractivity contribution is 0.610. The minimum atomic E-state index is 0.285. The van der Waals surface area contributed by atoms with Gasteiger partial charge in [-0.15, -0.1) is 22.7 Å². The fraction of sp³-hybridized carbons (Fsp3) is 0.385. The van der Waals surface area contributed by atoms with Crippen LogP contribution in [0.2, 0.25) is 0 Å². The molecule has 0 bridgehead atoms. The van der Waals surface area contributed by atoms with Gasteiger partial charge in [0.1, 0.15) is 0 Å². The number of nitrogens with one attached hydrogen (secondary N) is 1. The Balaban J connectivity index is 2.37. The minimum Gasteiger partial charge on any atom is -0.305 e. The van der Waals surface area contributed by atoms with Crippen molar-refractivity contribution in [3.63, 3.8) is 0 Å². The van der Waals surface area contributed by atoms with E-state index in [4.69, 9.17) is 0 Å². The molecule has 18 heavy (non-hydrogen) atoms. The van der Waals surface area contributed by atoms with Crippen LogP contribution >= 0.6 is 54.5 Å². The molecule has 5 heteroatoms. The number of hydrogen-bond donors (Lipinski definition) is 1. The molecule has 0 amide bonds. The van der Waals surface area contributed by atoms with Crippen molar-refractivity contribution >= 4 is 54.5 Å². The third kappa shape index (κ3) is 3.25. The van der Waals surface area contributed by atoms with E-state index in [1.807, 2.05) is 11.3 Å². The largest absolute Gasteiger partial charge is 0.305 e. The van der Waals surface area contributed by atoms with E-state index >= 15 is 0 Å². The van der Waals surface area contributed by atoms with Gasteiger partial charge in [-0.1, -0.05) is 6.92 Å². The Kier molecular flexibility index (Phi) is 5.45. The van der Waals surface area contributed by atoms with E-state index in [1.54, 1.807) is 11.3 Å². The first-order valence-corrected chi connectivity index (χ1v) is 9.13. The average molecular weight is 409 g/mol. The van der Waals surface area contributed by atoms with Crippen LogP contribution in [0.15, 0.2) is 26.5 Å². The van der Waals surface area contributed by atoms with E-state index in [0.29, 0.717) is 0 Å². The maximum atomic E-state index is 3.68. The van der Waals surface area contributed by atoms with E-state index in [-0.39, 0.29) is 6.04 Å². The van der Waals surface area contributed by atoms with Crippen molar-refractivity contribution in [1.29, 1.82) is 0 Å². The van der Waals surface area contributed by atoms with Crippen molar-refractivity contribution in [2.24, 2.45) is 0 Å². The Bertz CT molecular complexity index is 519. The number of hydrogen-bond acceptors (Lipinski definition) is 3. The minimum absolute atomic E-state index is 0.285. The van der Waals surface area contributed by atoms with Crippen LogP contribution in [0.5, 0.6) is 0 Å². The summed E-state index contributed by atoms with van der Waals surface area (Å²) in [5, 5.41) is 5.78. The van der Waals surface area contributed by atoms with Crippen LogP contribution in [0.4, 0.5) is 0 Å². The van der Waals surface area contributed by atoms with Crippen molar-refractivity contribution in [1.82, 2.24) is 5.32 Å². The molecule has 98 valence electrons. The second kappa shape index (κ2) is 6.66. The highest BCUT2D eigenvalue weighted by molar-refractivity contribution is 9.11. The molecule has 2 aromatic heterocycles. The number of thiophene rings is 2. The summed E-state index contributed by atoms with van der Waals surface area (Å²) in [5.74, 6) is 0. The zero-order valence-corrected chi connectivity index (χ0v) is 15.1. The Morgan fingerprint density at radius 3 is 2.56 bits per heavy atom. The van der Waals surface area contributed by atoms with Gasteiger partial charge in [0.05, 0.1) is 6.04 Å². The van der Waals surface area contributed by atoms with E-state index in [0.717, 1.165) is 13.0 Å². The van der Waals surface area contributed by atoms with Crippen molar-refractivity contribution in [2.45, 2.75) is 26.3 Å². The molecule has 0 aliphatic heterocycles. The van der Waals surface area contributed by atoms with Gasteiger partial charge in [0.2, 0.25) is 0 Å². The first-order valence-electron chi connectivity index (χ1n) is 5.85. The maximum Gasteiger partial charge on any atom is 0.0787 e. The van der Waals surface area contributed by atoms with Crippen LogP contribution in [0.3, 0.4) is 0 Å². The maximum absolute atomic E-state index is 3.68. The monoisotopic (exact) mass is 407 g/mol. The molecule has 0 saturated heterocycles. The van der Waals surface area contributed by atoms with Crippen LogP contribution in [0.1, 0.15) is 34.0 Å². The summed E-state index contributed by atoms with van der Waals surface area (Å²) in [5.41, 5.74) is 0. The lowest BCUT2D eigenvalue weighted by Crippen LogP contribution is -2.22. The molecule has 0 aromatic carbocycles. The van der Waals surface area contributed by atoms with Gasteiger partial charge in [-0.25, -0.2) is 0 Å². The molecule has 2 heterocycles. The molecule has 0 fully saturated rings. The fourth-order valence-corrected chi connectivity index (χ4v) is 5.53. The summed E-state index contributed by atoms with van der Waals surface area (Å²) in [6.07, 6.45) is 1.14. The number of aryl methyl sites for hydroxylation is 1. The second-order valence-electron chi connectivity index (χ2n) is 4.09. The SMILES string of the molecule is CCCNC(c1sccc1Br)c1sc(C)cc1Br. The normalized spacial score (nSPS) is 12.9. The first kappa shape index (κ1) is 14.7. The lowest BCUT2D eigenvalue weighted by Gasteiger charge is -2.17. The van der Waals surface area contributed by atoms with Crippen LogP contribution in [-0.4, -0.2) is 6.54 Å². The average Bonchev–Trinajstić information content (AvgIpc) is 2.87. The Labute approximate surface area is 133 Å². The molecule has 2 aromatic rings. The smallest absolute Gasteiger partial charge is 0.0787 e. The summed E-state index contributed by atoms with van der Waals surface area (Å²) in [6, 6.07) is 4.60. The van der Waals surface area contributed by atoms with Crippen LogP contribution in [0, 0.1) is 6.92 Å². The first-order chi connectivity index (χ1) is 8.63. The van der Waals surface area contributed by atoms with Crippen LogP contribution in [0.25, 0.3) is 0 Å². The van der Waals surface area contributed by atoms with Gasteiger partial charge >= 0.3 is 0 Å². The summed E-state index contributed by atoms with van der Waals surface area (Å²) in [7, 11) is 0. The van der Waals surface area contributed by atoms with Crippen molar-refractivity contribution in [2.75, 3.05) is 6.54 Å². The molecule has 0 spiro atoms. The lowest BCUT2D eigenvalue weighted by atomic mass is 10.2. The molecule has 2 rings (SSSR count). The highest BCUT2D eigenvalue weighted by Gasteiger charge is 2.21. The third-order valence-corrected chi connectivity index (χ3v) is 6.57. The molecule has 0 aliphatic rings. The number of rotatable bonds is 5. The van der Waals surface area contributed by atoms with Gasteiger partial charge in [-0.05, 0) is 69.3 Å². The van der Waals surface area contributed by atoms with E-state index in [9.17, 15) is 0 Å². The Morgan fingerprint density at radius 1 is 1.28 bits per heavy atom. The predicted molar refractivity (Wildman–Crippen MR) is 88.9 cm³/mol. The summed E-state index contributed by atoms with van der Waals surface area (Å²) in [6.45, 7) is 5.37. The van der Waals surface area contributed by atoms with Gasteiger partial charge in [0.15, 0.2) is 0 Å². The summed E-state index contributed by atoms with van der Waals surface area (Å²) >= 11 is 11.0. The Hall–Kier alpha value is 0.320. The Morgan fingerprint density at radius 2 is 2.06 bits per heavy atom.